The average molecular weight is 215 g/mol. The zero-order valence-electron chi connectivity index (χ0n) is 9.14. The van der Waals surface area contributed by atoms with Gasteiger partial charge in [-0.25, -0.2) is 9.97 Å². The summed E-state index contributed by atoms with van der Waals surface area (Å²) in [6.07, 6.45) is 5.14. The standard InChI is InChI=1S/C11H13N5/c1-2-16-10-7-13-5-8(10)15-11(16)9-6-12-3-4-14-9/h3-4,6,13H,2,5,7H2,1H3. The first-order valence-corrected chi connectivity index (χ1v) is 5.45. The fourth-order valence-corrected chi connectivity index (χ4v) is 2.13. The molecule has 82 valence electrons. The molecule has 1 aliphatic heterocycles. The van der Waals surface area contributed by atoms with Crippen molar-refractivity contribution in [1.29, 1.82) is 0 Å². The SMILES string of the molecule is CCn1c(-c2cnccn2)nc2c1CNC2. The highest BCUT2D eigenvalue weighted by Gasteiger charge is 2.21. The van der Waals surface area contributed by atoms with E-state index in [2.05, 4.69) is 31.8 Å². The van der Waals surface area contributed by atoms with Crippen LogP contribution < -0.4 is 5.32 Å². The molecule has 1 aliphatic rings. The lowest BCUT2D eigenvalue weighted by Crippen LogP contribution is -2.08. The van der Waals surface area contributed by atoms with Gasteiger partial charge in [0.05, 0.1) is 17.6 Å². The molecule has 0 aromatic carbocycles. The number of rotatable bonds is 2. The lowest BCUT2D eigenvalue weighted by Gasteiger charge is -2.06. The van der Waals surface area contributed by atoms with Crippen LogP contribution in [0.4, 0.5) is 0 Å². The zero-order chi connectivity index (χ0) is 11.0. The lowest BCUT2D eigenvalue weighted by molar-refractivity contribution is 0.676. The van der Waals surface area contributed by atoms with E-state index in [-0.39, 0.29) is 0 Å². The second-order valence-electron chi connectivity index (χ2n) is 3.77. The summed E-state index contributed by atoms with van der Waals surface area (Å²) in [5, 5.41) is 3.30. The smallest absolute Gasteiger partial charge is 0.160 e. The number of nitrogens with one attached hydrogen (secondary N) is 1. The number of aromatic nitrogens is 4. The molecule has 0 aliphatic carbocycles. The number of imidazole rings is 1. The number of nitrogens with zero attached hydrogens (tertiary/aromatic N) is 4. The molecule has 0 saturated heterocycles. The van der Waals surface area contributed by atoms with E-state index in [9.17, 15) is 0 Å². The summed E-state index contributed by atoms with van der Waals surface area (Å²) in [7, 11) is 0. The van der Waals surface area contributed by atoms with Crippen molar-refractivity contribution in [2.75, 3.05) is 0 Å². The van der Waals surface area contributed by atoms with Crippen LogP contribution in [-0.2, 0) is 19.6 Å². The van der Waals surface area contributed by atoms with Gasteiger partial charge in [-0.15, -0.1) is 0 Å². The maximum Gasteiger partial charge on any atom is 0.160 e. The first-order chi connectivity index (χ1) is 7.90. The van der Waals surface area contributed by atoms with Gasteiger partial charge in [-0.3, -0.25) is 4.98 Å². The molecule has 0 amide bonds. The molecule has 16 heavy (non-hydrogen) atoms. The second kappa shape index (κ2) is 3.68. The molecule has 5 heteroatoms. The summed E-state index contributed by atoms with van der Waals surface area (Å²) in [5.74, 6) is 0.932. The first-order valence-electron chi connectivity index (χ1n) is 5.45. The highest BCUT2D eigenvalue weighted by molar-refractivity contribution is 5.50. The van der Waals surface area contributed by atoms with E-state index in [0.29, 0.717) is 0 Å². The van der Waals surface area contributed by atoms with Crippen LogP contribution in [-0.4, -0.2) is 19.5 Å². The van der Waals surface area contributed by atoms with Crippen molar-refractivity contribution in [2.24, 2.45) is 0 Å². The second-order valence-corrected chi connectivity index (χ2v) is 3.77. The molecule has 0 fully saturated rings. The molecule has 0 radical (unpaired) electrons. The van der Waals surface area contributed by atoms with Crippen molar-refractivity contribution in [2.45, 2.75) is 26.6 Å². The summed E-state index contributed by atoms with van der Waals surface area (Å²) in [4.78, 5) is 13.0. The Kier molecular flexibility index (Phi) is 2.18. The third kappa shape index (κ3) is 1.32. The van der Waals surface area contributed by atoms with Gasteiger partial charge in [-0.2, -0.15) is 0 Å². The van der Waals surface area contributed by atoms with E-state index >= 15 is 0 Å². The fraction of sp³-hybridized carbons (Fsp3) is 0.364. The monoisotopic (exact) mass is 215 g/mol. The van der Waals surface area contributed by atoms with E-state index in [4.69, 9.17) is 0 Å². The Morgan fingerprint density at radius 1 is 1.38 bits per heavy atom. The van der Waals surface area contributed by atoms with Crippen molar-refractivity contribution >= 4 is 0 Å². The fourth-order valence-electron chi connectivity index (χ4n) is 2.13. The Hall–Kier alpha value is -1.75. The van der Waals surface area contributed by atoms with Crippen LogP contribution in [0, 0.1) is 0 Å². The van der Waals surface area contributed by atoms with Crippen molar-refractivity contribution in [3.63, 3.8) is 0 Å². The summed E-state index contributed by atoms with van der Waals surface area (Å²) in [6, 6.07) is 0. The minimum Gasteiger partial charge on any atom is -0.325 e. The molecular weight excluding hydrogens is 202 g/mol. The molecule has 0 spiro atoms. The minimum absolute atomic E-state index is 0.846. The Balaban J connectivity index is 2.15. The highest BCUT2D eigenvalue weighted by atomic mass is 15.2. The average Bonchev–Trinajstić information content (AvgIpc) is 2.89. The quantitative estimate of drug-likeness (QED) is 0.810. The Morgan fingerprint density at radius 3 is 3.06 bits per heavy atom. The van der Waals surface area contributed by atoms with Gasteiger partial charge < -0.3 is 9.88 Å². The van der Waals surface area contributed by atoms with E-state index in [1.807, 2.05) is 0 Å². The number of hydrogen-bond donors (Lipinski definition) is 1. The largest absolute Gasteiger partial charge is 0.325 e. The van der Waals surface area contributed by atoms with E-state index in [1.165, 1.54) is 5.69 Å². The van der Waals surface area contributed by atoms with Gasteiger partial charge in [0.15, 0.2) is 5.82 Å². The van der Waals surface area contributed by atoms with Crippen molar-refractivity contribution < 1.29 is 0 Å². The van der Waals surface area contributed by atoms with Crippen LogP contribution >= 0.6 is 0 Å². The summed E-state index contributed by atoms with van der Waals surface area (Å²) >= 11 is 0. The summed E-state index contributed by atoms with van der Waals surface area (Å²) in [5.41, 5.74) is 3.27. The molecule has 5 nitrogen and oxygen atoms in total. The van der Waals surface area contributed by atoms with Gasteiger partial charge in [0.1, 0.15) is 5.69 Å². The normalized spacial score (nSPS) is 14.1. The van der Waals surface area contributed by atoms with Gasteiger partial charge in [0.2, 0.25) is 0 Å². The van der Waals surface area contributed by atoms with Gasteiger partial charge in [-0.1, -0.05) is 0 Å². The summed E-state index contributed by atoms with van der Waals surface area (Å²) in [6.45, 7) is 4.79. The molecule has 0 saturated carbocycles. The van der Waals surface area contributed by atoms with Gasteiger partial charge in [0.25, 0.3) is 0 Å². The predicted molar refractivity (Wildman–Crippen MR) is 59.5 cm³/mol. The van der Waals surface area contributed by atoms with Crippen LogP contribution in [0.15, 0.2) is 18.6 Å². The molecule has 0 unspecified atom stereocenters. The van der Waals surface area contributed by atoms with Crippen LogP contribution in [0.3, 0.4) is 0 Å². The molecule has 2 aromatic heterocycles. The van der Waals surface area contributed by atoms with Crippen LogP contribution in [0.5, 0.6) is 0 Å². The van der Waals surface area contributed by atoms with Gasteiger partial charge >= 0.3 is 0 Å². The first kappa shape index (κ1) is 9.47. The molecule has 2 aromatic rings. The van der Waals surface area contributed by atoms with Crippen molar-refractivity contribution in [3.8, 4) is 11.5 Å². The maximum absolute atomic E-state index is 4.63. The topological polar surface area (TPSA) is 55.6 Å². The highest BCUT2D eigenvalue weighted by Crippen LogP contribution is 2.23. The molecular formula is C11H13N5. The van der Waals surface area contributed by atoms with Crippen LogP contribution in [0.2, 0.25) is 0 Å². The molecule has 3 rings (SSSR count). The van der Waals surface area contributed by atoms with Crippen LogP contribution in [0.25, 0.3) is 11.5 Å². The van der Waals surface area contributed by atoms with Gasteiger partial charge in [0, 0.05) is 32.0 Å². The van der Waals surface area contributed by atoms with E-state index in [0.717, 1.165) is 36.8 Å². The van der Waals surface area contributed by atoms with E-state index < -0.39 is 0 Å². The van der Waals surface area contributed by atoms with E-state index in [1.54, 1.807) is 18.6 Å². The maximum atomic E-state index is 4.63. The Labute approximate surface area is 93.6 Å². The molecule has 0 bridgehead atoms. The minimum atomic E-state index is 0.846. The zero-order valence-corrected chi connectivity index (χ0v) is 9.14. The summed E-state index contributed by atoms with van der Waals surface area (Å²) < 4.78 is 2.21. The number of hydrogen-bond acceptors (Lipinski definition) is 4. The lowest BCUT2D eigenvalue weighted by atomic mass is 10.4. The van der Waals surface area contributed by atoms with Crippen LogP contribution in [0.1, 0.15) is 18.3 Å². The Morgan fingerprint density at radius 2 is 2.31 bits per heavy atom. The van der Waals surface area contributed by atoms with Gasteiger partial charge in [-0.05, 0) is 6.92 Å². The van der Waals surface area contributed by atoms with Crippen molar-refractivity contribution in [3.05, 3.63) is 30.0 Å². The Bertz CT molecular complexity index is 503. The third-order valence-electron chi connectivity index (χ3n) is 2.85. The number of fused-ring (bicyclic) bond motifs is 1. The predicted octanol–water partition coefficient (Wildman–Crippen LogP) is 0.963. The molecule has 3 heterocycles. The molecule has 0 atom stereocenters. The molecule has 1 N–H and O–H groups in total. The van der Waals surface area contributed by atoms with Crippen molar-refractivity contribution in [1.82, 2.24) is 24.8 Å². The third-order valence-corrected chi connectivity index (χ3v) is 2.85.